The van der Waals surface area contributed by atoms with Gasteiger partial charge in [-0.25, -0.2) is 4.79 Å². The third kappa shape index (κ3) is 2.54. The Morgan fingerprint density at radius 2 is 1.77 bits per heavy atom. The summed E-state index contributed by atoms with van der Waals surface area (Å²) in [6, 6.07) is 11.5. The number of rotatable bonds is 3. The molecule has 0 bridgehead atoms. The second-order valence-corrected chi connectivity index (χ2v) is 6.37. The standard InChI is InChI=1S/C20H16O6/c21-20-15(8-13-2-1-3-17-19(13)26-11-24-17)14(9-22-20)6-12-4-5-16-18(7-12)25-10-23-16/h1-5,7-8,14H,6,9-11H2/b15-8-/t14-/m1/s1. The first-order valence-electron chi connectivity index (χ1n) is 8.44. The van der Waals surface area contributed by atoms with E-state index in [0.29, 0.717) is 30.1 Å². The monoisotopic (exact) mass is 352 g/mol. The Labute approximate surface area is 149 Å². The Bertz CT molecular complexity index is 917. The predicted octanol–water partition coefficient (Wildman–Crippen LogP) is 2.94. The molecule has 2 aromatic rings. The maximum atomic E-state index is 12.3. The van der Waals surface area contributed by atoms with Crippen molar-refractivity contribution in [1.82, 2.24) is 0 Å². The van der Waals surface area contributed by atoms with E-state index in [1.807, 2.05) is 42.5 Å². The number of carbonyl (C=O) groups excluding carboxylic acids is 1. The van der Waals surface area contributed by atoms with Crippen LogP contribution < -0.4 is 18.9 Å². The SMILES string of the molecule is O=C1OC[C@@H](Cc2ccc3c(c2)OCO3)/C1=C/c1cccc2c1OCO2. The summed E-state index contributed by atoms with van der Waals surface area (Å²) in [6.07, 6.45) is 2.53. The minimum atomic E-state index is -0.285. The molecule has 0 N–H and O–H groups in total. The normalized spacial score (nSPS) is 21.3. The smallest absolute Gasteiger partial charge is 0.334 e. The number of cyclic esters (lactones) is 1. The molecule has 0 unspecified atom stereocenters. The molecule has 1 atom stereocenters. The van der Waals surface area contributed by atoms with E-state index >= 15 is 0 Å². The van der Waals surface area contributed by atoms with E-state index in [1.54, 1.807) is 0 Å². The number of fused-ring (bicyclic) bond motifs is 2. The van der Waals surface area contributed by atoms with E-state index in [9.17, 15) is 4.79 Å². The molecule has 0 saturated carbocycles. The highest BCUT2D eigenvalue weighted by atomic mass is 16.7. The lowest BCUT2D eigenvalue weighted by atomic mass is 9.92. The van der Waals surface area contributed by atoms with Gasteiger partial charge in [0, 0.05) is 17.1 Å². The van der Waals surface area contributed by atoms with E-state index < -0.39 is 0 Å². The number of para-hydroxylation sites is 1. The molecule has 3 aliphatic rings. The summed E-state index contributed by atoms with van der Waals surface area (Å²) in [6.45, 7) is 0.808. The molecule has 6 nitrogen and oxygen atoms in total. The molecule has 0 aromatic heterocycles. The third-order valence-corrected chi connectivity index (χ3v) is 4.75. The average Bonchev–Trinajstić information content (AvgIpc) is 3.37. The van der Waals surface area contributed by atoms with Crippen LogP contribution in [0.2, 0.25) is 0 Å². The minimum Gasteiger partial charge on any atom is -0.462 e. The number of hydrogen-bond acceptors (Lipinski definition) is 6. The number of esters is 1. The Hall–Kier alpha value is -3.15. The van der Waals surface area contributed by atoms with Crippen LogP contribution in [0.3, 0.4) is 0 Å². The van der Waals surface area contributed by atoms with Crippen molar-refractivity contribution in [2.75, 3.05) is 20.2 Å². The highest BCUT2D eigenvalue weighted by Crippen LogP contribution is 2.39. The van der Waals surface area contributed by atoms with Crippen molar-refractivity contribution in [2.45, 2.75) is 6.42 Å². The fourth-order valence-corrected chi connectivity index (χ4v) is 3.45. The maximum absolute atomic E-state index is 12.3. The van der Waals surface area contributed by atoms with E-state index in [1.165, 1.54) is 0 Å². The van der Waals surface area contributed by atoms with Crippen LogP contribution in [0.4, 0.5) is 0 Å². The van der Waals surface area contributed by atoms with Gasteiger partial charge in [-0.2, -0.15) is 0 Å². The molecular weight excluding hydrogens is 336 g/mol. The van der Waals surface area contributed by atoms with Gasteiger partial charge in [0.2, 0.25) is 13.6 Å². The highest BCUT2D eigenvalue weighted by Gasteiger charge is 2.31. The molecular formula is C20H16O6. The fourth-order valence-electron chi connectivity index (χ4n) is 3.45. The summed E-state index contributed by atoms with van der Waals surface area (Å²) >= 11 is 0. The maximum Gasteiger partial charge on any atom is 0.334 e. The average molecular weight is 352 g/mol. The Kier molecular flexibility index (Phi) is 3.48. The first-order chi connectivity index (χ1) is 12.8. The molecule has 0 amide bonds. The van der Waals surface area contributed by atoms with Crippen molar-refractivity contribution in [2.24, 2.45) is 5.92 Å². The van der Waals surface area contributed by atoms with Gasteiger partial charge in [-0.15, -0.1) is 0 Å². The van der Waals surface area contributed by atoms with Crippen molar-refractivity contribution in [1.29, 1.82) is 0 Å². The Morgan fingerprint density at radius 1 is 0.923 bits per heavy atom. The molecule has 6 heteroatoms. The Morgan fingerprint density at radius 3 is 2.73 bits per heavy atom. The van der Waals surface area contributed by atoms with Crippen molar-refractivity contribution in [3.63, 3.8) is 0 Å². The molecule has 0 spiro atoms. The quantitative estimate of drug-likeness (QED) is 0.625. The predicted molar refractivity (Wildman–Crippen MR) is 91.3 cm³/mol. The van der Waals surface area contributed by atoms with E-state index in [2.05, 4.69) is 0 Å². The van der Waals surface area contributed by atoms with Gasteiger partial charge in [0.1, 0.15) is 0 Å². The van der Waals surface area contributed by atoms with Crippen molar-refractivity contribution in [3.05, 3.63) is 53.1 Å². The number of ether oxygens (including phenoxy) is 5. The van der Waals surface area contributed by atoms with Gasteiger partial charge >= 0.3 is 5.97 Å². The van der Waals surface area contributed by atoms with Crippen LogP contribution in [-0.4, -0.2) is 26.2 Å². The summed E-state index contributed by atoms with van der Waals surface area (Å²) in [7, 11) is 0. The summed E-state index contributed by atoms with van der Waals surface area (Å²) in [5.41, 5.74) is 2.54. The van der Waals surface area contributed by atoms with Crippen LogP contribution in [0, 0.1) is 5.92 Å². The molecule has 0 aliphatic carbocycles. The third-order valence-electron chi connectivity index (χ3n) is 4.75. The molecule has 2 aromatic carbocycles. The van der Waals surface area contributed by atoms with Crippen LogP contribution in [0.15, 0.2) is 42.0 Å². The van der Waals surface area contributed by atoms with Gasteiger partial charge in [0.15, 0.2) is 23.0 Å². The zero-order chi connectivity index (χ0) is 17.5. The van der Waals surface area contributed by atoms with Gasteiger partial charge in [0.25, 0.3) is 0 Å². The topological polar surface area (TPSA) is 63.2 Å². The highest BCUT2D eigenvalue weighted by molar-refractivity contribution is 5.96. The van der Waals surface area contributed by atoms with Crippen LogP contribution in [-0.2, 0) is 16.0 Å². The lowest BCUT2D eigenvalue weighted by Crippen LogP contribution is -2.07. The van der Waals surface area contributed by atoms with Crippen LogP contribution in [0.5, 0.6) is 23.0 Å². The summed E-state index contributed by atoms with van der Waals surface area (Å²) in [4.78, 5) is 12.3. The number of benzene rings is 2. The van der Waals surface area contributed by atoms with Crippen LogP contribution in [0.25, 0.3) is 6.08 Å². The summed E-state index contributed by atoms with van der Waals surface area (Å²) in [5.74, 6) is 2.54. The zero-order valence-corrected chi connectivity index (χ0v) is 13.9. The van der Waals surface area contributed by atoms with E-state index in [-0.39, 0.29) is 25.5 Å². The minimum absolute atomic E-state index is 0.0268. The molecule has 3 heterocycles. The Balaban J connectivity index is 1.44. The molecule has 3 aliphatic heterocycles. The molecule has 0 radical (unpaired) electrons. The van der Waals surface area contributed by atoms with Gasteiger partial charge in [0.05, 0.1) is 6.61 Å². The summed E-state index contributed by atoms with van der Waals surface area (Å²) in [5, 5.41) is 0. The molecule has 1 saturated heterocycles. The van der Waals surface area contributed by atoms with Gasteiger partial charge < -0.3 is 23.7 Å². The van der Waals surface area contributed by atoms with Gasteiger partial charge in [-0.3, -0.25) is 0 Å². The lowest BCUT2D eigenvalue weighted by Gasteiger charge is -2.10. The first kappa shape index (κ1) is 15.1. The van der Waals surface area contributed by atoms with Crippen molar-refractivity contribution < 1.29 is 28.5 Å². The largest absolute Gasteiger partial charge is 0.462 e. The van der Waals surface area contributed by atoms with Crippen LogP contribution in [0.1, 0.15) is 11.1 Å². The molecule has 5 rings (SSSR count). The molecule has 1 fully saturated rings. The fraction of sp³-hybridized carbons (Fsp3) is 0.250. The zero-order valence-electron chi connectivity index (χ0n) is 13.9. The second-order valence-electron chi connectivity index (χ2n) is 6.37. The molecule has 26 heavy (non-hydrogen) atoms. The van der Waals surface area contributed by atoms with Crippen molar-refractivity contribution >= 4 is 12.0 Å². The summed E-state index contributed by atoms with van der Waals surface area (Å²) < 4.78 is 27.0. The number of carbonyl (C=O) groups is 1. The second kappa shape index (κ2) is 5.98. The van der Waals surface area contributed by atoms with E-state index in [0.717, 1.165) is 22.6 Å². The molecule has 132 valence electrons. The van der Waals surface area contributed by atoms with Gasteiger partial charge in [-0.05, 0) is 36.3 Å². The first-order valence-corrected chi connectivity index (χ1v) is 8.44. The van der Waals surface area contributed by atoms with Crippen molar-refractivity contribution in [3.8, 4) is 23.0 Å². The van der Waals surface area contributed by atoms with Gasteiger partial charge in [-0.1, -0.05) is 18.2 Å². The van der Waals surface area contributed by atoms with Crippen LogP contribution >= 0.6 is 0 Å². The lowest BCUT2D eigenvalue weighted by molar-refractivity contribution is -0.135. The van der Waals surface area contributed by atoms with E-state index in [4.69, 9.17) is 23.7 Å². The number of hydrogen-bond donors (Lipinski definition) is 0.